The van der Waals surface area contributed by atoms with Gasteiger partial charge in [0.2, 0.25) is 5.91 Å². The number of fused-ring (bicyclic) bond motifs is 3. The number of nitrogens with zero attached hydrogens (tertiary/aromatic N) is 1. The Morgan fingerprint density at radius 3 is 2.17 bits per heavy atom. The van der Waals surface area contributed by atoms with Gasteiger partial charge in [0.15, 0.2) is 0 Å². The van der Waals surface area contributed by atoms with Gasteiger partial charge >= 0.3 is 12.1 Å². The second kappa shape index (κ2) is 11.7. The third-order valence-electron chi connectivity index (χ3n) is 7.55. The molecule has 0 radical (unpaired) electrons. The average molecular weight is 565 g/mol. The Bertz CT molecular complexity index is 1390. The average Bonchev–Trinajstić information content (AvgIpc) is 3.47. The number of aliphatic carboxylic acids is 1. The van der Waals surface area contributed by atoms with Crippen molar-refractivity contribution in [2.45, 2.75) is 50.0 Å². The number of hydrogen-bond donors (Lipinski definition) is 2. The number of carbonyl (C=O) groups excluding carboxylic acids is 2. The Labute approximate surface area is 235 Å². The van der Waals surface area contributed by atoms with Crippen LogP contribution in [0.4, 0.5) is 13.6 Å². The van der Waals surface area contributed by atoms with E-state index < -0.39 is 55.0 Å². The quantitative estimate of drug-likeness (QED) is 0.386. The lowest BCUT2D eigenvalue weighted by atomic mass is 9.98. The molecule has 1 fully saturated rings. The van der Waals surface area contributed by atoms with Crippen molar-refractivity contribution in [2.24, 2.45) is 0 Å². The molecule has 0 unspecified atom stereocenters. The number of carboxylic acid groups (broad SMARTS) is 1. The number of benzene rings is 3. The van der Waals surface area contributed by atoms with Gasteiger partial charge in [0.25, 0.3) is 5.92 Å². The first-order valence-electron chi connectivity index (χ1n) is 13.3. The second-order valence-corrected chi connectivity index (χ2v) is 10.3. The van der Waals surface area contributed by atoms with Crippen molar-refractivity contribution in [3.05, 3.63) is 95.6 Å². The number of alkyl halides is 2. The van der Waals surface area contributed by atoms with Crippen molar-refractivity contribution < 1.29 is 37.7 Å². The molecule has 3 aromatic rings. The number of likely N-dealkylation sites (tertiary alicyclic amines) is 1. The molecule has 0 spiro atoms. The molecular weight excluding hydrogens is 534 g/mol. The number of carbonyl (C=O) groups is 3. The van der Waals surface area contributed by atoms with Gasteiger partial charge in [-0.15, -0.1) is 0 Å². The van der Waals surface area contributed by atoms with E-state index in [4.69, 9.17) is 9.47 Å². The van der Waals surface area contributed by atoms with Gasteiger partial charge in [-0.25, -0.2) is 18.4 Å². The van der Waals surface area contributed by atoms with Gasteiger partial charge in [-0.3, -0.25) is 4.79 Å². The fourth-order valence-electron chi connectivity index (χ4n) is 5.49. The van der Waals surface area contributed by atoms with Crippen molar-refractivity contribution >= 4 is 18.0 Å². The number of hydrogen-bond acceptors (Lipinski definition) is 5. The minimum Gasteiger partial charge on any atom is -0.480 e. The van der Waals surface area contributed by atoms with Gasteiger partial charge in [0, 0.05) is 12.3 Å². The standard InChI is InChI=1S/C31H30F2N2O6/c1-19(40-16-20-9-3-2-4-10-20)27(28(36)35-18-31(32,33)15-26(35)29(37)38)34-30(39)41-17-25-23-13-7-5-11-21(23)22-12-6-8-14-24(22)25/h2-14,19,25-27H,15-18H2,1H3,(H,34,39)(H,37,38)/t19-,26+,27+/m0/s1. The predicted octanol–water partition coefficient (Wildman–Crippen LogP) is 4.82. The molecule has 1 saturated heterocycles. The second-order valence-electron chi connectivity index (χ2n) is 10.3. The van der Waals surface area contributed by atoms with E-state index >= 15 is 0 Å². The summed E-state index contributed by atoms with van der Waals surface area (Å²) in [5.41, 5.74) is 4.88. The molecule has 2 aliphatic rings. The first-order chi connectivity index (χ1) is 19.6. The lowest BCUT2D eigenvalue weighted by Gasteiger charge is -2.30. The van der Waals surface area contributed by atoms with E-state index in [-0.39, 0.29) is 19.1 Å². The minimum atomic E-state index is -3.37. The van der Waals surface area contributed by atoms with Gasteiger partial charge in [0.1, 0.15) is 18.7 Å². The number of carboxylic acids is 1. The molecule has 8 nitrogen and oxygen atoms in total. The molecule has 1 heterocycles. The van der Waals surface area contributed by atoms with Crippen LogP contribution in [0.15, 0.2) is 78.9 Å². The first-order valence-corrected chi connectivity index (χ1v) is 13.3. The summed E-state index contributed by atoms with van der Waals surface area (Å²) < 4.78 is 39.8. The monoisotopic (exact) mass is 564 g/mol. The van der Waals surface area contributed by atoms with Gasteiger partial charge in [-0.05, 0) is 34.7 Å². The largest absolute Gasteiger partial charge is 0.480 e. The third-order valence-corrected chi connectivity index (χ3v) is 7.55. The summed E-state index contributed by atoms with van der Waals surface area (Å²) in [5, 5.41) is 12.0. The summed E-state index contributed by atoms with van der Waals surface area (Å²) in [7, 11) is 0. The van der Waals surface area contributed by atoms with Crippen LogP contribution in [0, 0.1) is 0 Å². The third kappa shape index (κ3) is 6.07. The van der Waals surface area contributed by atoms with E-state index in [1.54, 1.807) is 0 Å². The van der Waals surface area contributed by atoms with Crippen LogP contribution in [0.5, 0.6) is 0 Å². The summed E-state index contributed by atoms with van der Waals surface area (Å²) in [6.45, 7) is 0.493. The molecule has 3 aromatic carbocycles. The highest BCUT2D eigenvalue weighted by atomic mass is 19.3. The van der Waals surface area contributed by atoms with Crippen LogP contribution in [0.3, 0.4) is 0 Å². The Kier molecular flexibility index (Phi) is 8.03. The summed E-state index contributed by atoms with van der Waals surface area (Å²) >= 11 is 0. The molecule has 0 bridgehead atoms. The summed E-state index contributed by atoms with van der Waals surface area (Å²) in [4.78, 5) is 38.9. The molecule has 5 rings (SSSR count). The minimum absolute atomic E-state index is 0.0282. The van der Waals surface area contributed by atoms with Gasteiger partial charge in [-0.2, -0.15) is 0 Å². The van der Waals surface area contributed by atoms with Crippen molar-refractivity contribution in [1.82, 2.24) is 10.2 Å². The van der Waals surface area contributed by atoms with E-state index in [0.29, 0.717) is 4.90 Å². The molecular formula is C31H30F2N2O6. The van der Waals surface area contributed by atoms with E-state index in [0.717, 1.165) is 27.8 Å². The van der Waals surface area contributed by atoms with E-state index in [9.17, 15) is 28.3 Å². The van der Waals surface area contributed by atoms with Gasteiger partial charge in [0.05, 0.1) is 19.3 Å². The number of amides is 2. The highest BCUT2D eigenvalue weighted by Gasteiger charge is 2.52. The highest BCUT2D eigenvalue weighted by molar-refractivity contribution is 5.90. The maximum absolute atomic E-state index is 14.2. The topological polar surface area (TPSA) is 105 Å². The molecule has 0 saturated carbocycles. The maximum Gasteiger partial charge on any atom is 0.407 e. The Balaban J connectivity index is 1.32. The molecule has 41 heavy (non-hydrogen) atoms. The molecule has 0 aromatic heterocycles. The Hall–Kier alpha value is -4.31. The summed E-state index contributed by atoms with van der Waals surface area (Å²) in [6.07, 6.45) is -2.95. The smallest absolute Gasteiger partial charge is 0.407 e. The normalized spacial score (nSPS) is 18.7. The van der Waals surface area contributed by atoms with Crippen LogP contribution in [0.1, 0.15) is 36.0 Å². The van der Waals surface area contributed by atoms with Crippen LogP contribution in [-0.2, 0) is 25.7 Å². The number of alkyl carbamates (subject to hydrolysis) is 1. The van der Waals surface area contributed by atoms with Crippen molar-refractivity contribution in [1.29, 1.82) is 0 Å². The van der Waals surface area contributed by atoms with Crippen molar-refractivity contribution in [3.63, 3.8) is 0 Å². The lowest BCUT2D eigenvalue weighted by molar-refractivity contribution is -0.150. The molecule has 1 aliphatic heterocycles. The number of rotatable bonds is 9. The zero-order chi connectivity index (χ0) is 29.1. The van der Waals surface area contributed by atoms with E-state index in [1.807, 2.05) is 78.9 Å². The molecule has 2 N–H and O–H groups in total. The Morgan fingerprint density at radius 2 is 1.56 bits per heavy atom. The lowest BCUT2D eigenvalue weighted by Crippen LogP contribution is -2.56. The van der Waals surface area contributed by atoms with Crippen LogP contribution >= 0.6 is 0 Å². The fourth-order valence-corrected chi connectivity index (χ4v) is 5.49. The van der Waals surface area contributed by atoms with Gasteiger partial charge in [-0.1, -0.05) is 78.9 Å². The molecule has 3 atom stereocenters. The first kappa shape index (κ1) is 28.2. The fraction of sp³-hybridized carbons (Fsp3) is 0.323. The zero-order valence-corrected chi connectivity index (χ0v) is 22.3. The molecule has 1 aliphatic carbocycles. The number of ether oxygens (including phenoxy) is 2. The number of halogens is 2. The van der Waals surface area contributed by atoms with Crippen LogP contribution in [0.25, 0.3) is 11.1 Å². The van der Waals surface area contributed by atoms with Crippen molar-refractivity contribution in [3.8, 4) is 11.1 Å². The Morgan fingerprint density at radius 1 is 0.976 bits per heavy atom. The van der Waals surface area contributed by atoms with E-state index in [1.165, 1.54) is 6.92 Å². The molecule has 2 amide bonds. The predicted molar refractivity (Wildman–Crippen MR) is 145 cm³/mol. The number of nitrogens with one attached hydrogen (secondary N) is 1. The van der Waals surface area contributed by atoms with Crippen LogP contribution in [0.2, 0.25) is 0 Å². The van der Waals surface area contributed by atoms with Crippen LogP contribution < -0.4 is 5.32 Å². The van der Waals surface area contributed by atoms with Crippen LogP contribution in [-0.4, -0.2) is 65.2 Å². The molecule has 214 valence electrons. The van der Waals surface area contributed by atoms with Crippen molar-refractivity contribution in [2.75, 3.05) is 13.2 Å². The zero-order valence-electron chi connectivity index (χ0n) is 22.3. The van der Waals surface area contributed by atoms with E-state index in [2.05, 4.69) is 5.32 Å². The van der Waals surface area contributed by atoms with Gasteiger partial charge < -0.3 is 24.8 Å². The molecule has 10 heteroatoms. The summed E-state index contributed by atoms with van der Waals surface area (Å²) in [5.74, 6) is -6.14. The SMILES string of the molecule is C[C@H](OCc1ccccc1)[C@@H](NC(=O)OCC1c2ccccc2-c2ccccc21)C(=O)N1CC(F)(F)C[C@@H]1C(=O)O. The highest BCUT2D eigenvalue weighted by Crippen LogP contribution is 2.44. The maximum atomic E-state index is 14.2. The summed E-state index contributed by atoms with van der Waals surface area (Å²) in [6, 6.07) is 21.5.